The van der Waals surface area contributed by atoms with Crippen molar-refractivity contribution in [3.8, 4) is 5.75 Å². The minimum Gasteiger partial charge on any atom is -0.482 e. The molecule has 1 N–H and O–H groups in total. The Morgan fingerprint density at radius 2 is 1.62 bits per heavy atom. The second-order valence-electron chi connectivity index (χ2n) is 9.34. The SMILES string of the molecule is CC(C)(C)OC(=O)COc1ccc(/C=N\NC(=O)CN(c2ccc([N+](=O)[O-])cc2)S(=O)(=O)c2ccccc2)cc1. The topological polar surface area (TPSA) is 158 Å². The van der Waals surface area contributed by atoms with Crippen molar-refractivity contribution in [1.82, 2.24) is 5.43 Å². The Hall–Kier alpha value is -4.78. The van der Waals surface area contributed by atoms with Crippen LogP contribution in [0.1, 0.15) is 26.3 Å². The maximum absolute atomic E-state index is 13.3. The molecule has 1 amide bonds. The number of rotatable bonds is 11. The molecule has 12 nitrogen and oxygen atoms in total. The van der Waals surface area contributed by atoms with Crippen LogP contribution >= 0.6 is 0 Å². The van der Waals surface area contributed by atoms with Crippen LogP contribution in [0.25, 0.3) is 0 Å². The van der Waals surface area contributed by atoms with Gasteiger partial charge in [0.15, 0.2) is 6.61 Å². The zero-order valence-electron chi connectivity index (χ0n) is 22.0. The Bertz CT molecular complexity index is 1470. The fraction of sp³-hybridized carbons (Fsp3) is 0.222. The zero-order chi connectivity index (χ0) is 29.3. The van der Waals surface area contributed by atoms with Gasteiger partial charge >= 0.3 is 5.97 Å². The molecule has 0 aliphatic rings. The minimum atomic E-state index is -4.18. The summed E-state index contributed by atoms with van der Waals surface area (Å²) >= 11 is 0. The summed E-state index contributed by atoms with van der Waals surface area (Å²) in [4.78, 5) is 34.8. The van der Waals surface area contributed by atoms with Gasteiger partial charge in [0.05, 0.1) is 21.7 Å². The first-order chi connectivity index (χ1) is 18.8. The van der Waals surface area contributed by atoms with Crippen LogP contribution in [0.4, 0.5) is 11.4 Å². The average molecular weight is 569 g/mol. The molecule has 13 heteroatoms. The van der Waals surface area contributed by atoms with Gasteiger partial charge in [-0.1, -0.05) is 18.2 Å². The first-order valence-corrected chi connectivity index (χ1v) is 13.4. The molecule has 0 bridgehead atoms. The van der Waals surface area contributed by atoms with Crippen molar-refractivity contribution in [2.75, 3.05) is 17.5 Å². The van der Waals surface area contributed by atoms with Gasteiger partial charge in [-0.25, -0.2) is 18.6 Å². The van der Waals surface area contributed by atoms with Crippen LogP contribution < -0.4 is 14.5 Å². The number of ether oxygens (including phenoxy) is 2. The van der Waals surface area contributed by atoms with E-state index in [4.69, 9.17) is 9.47 Å². The van der Waals surface area contributed by atoms with Gasteiger partial charge in [0, 0.05) is 12.1 Å². The van der Waals surface area contributed by atoms with Crippen molar-refractivity contribution in [2.45, 2.75) is 31.3 Å². The fourth-order valence-electron chi connectivity index (χ4n) is 3.28. The summed E-state index contributed by atoms with van der Waals surface area (Å²) in [7, 11) is -4.18. The molecule has 0 atom stereocenters. The highest BCUT2D eigenvalue weighted by atomic mass is 32.2. The molecule has 0 heterocycles. The number of carbonyl (C=O) groups is 2. The highest BCUT2D eigenvalue weighted by Crippen LogP contribution is 2.25. The number of nitro groups is 1. The van der Waals surface area contributed by atoms with Crippen LogP contribution in [-0.2, 0) is 24.3 Å². The van der Waals surface area contributed by atoms with E-state index in [9.17, 15) is 28.1 Å². The third-order valence-electron chi connectivity index (χ3n) is 5.03. The van der Waals surface area contributed by atoms with E-state index in [1.807, 2.05) is 0 Å². The lowest BCUT2D eigenvalue weighted by Crippen LogP contribution is -2.39. The molecule has 0 radical (unpaired) electrons. The van der Waals surface area contributed by atoms with Gasteiger partial charge in [-0.05, 0) is 74.9 Å². The number of amides is 1. The monoisotopic (exact) mass is 568 g/mol. The molecular weight excluding hydrogens is 540 g/mol. The van der Waals surface area contributed by atoms with Crippen LogP contribution in [0.2, 0.25) is 0 Å². The maximum atomic E-state index is 13.3. The number of esters is 1. The van der Waals surface area contributed by atoms with Crippen LogP contribution in [0, 0.1) is 10.1 Å². The second kappa shape index (κ2) is 12.8. The molecule has 40 heavy (non-hydrogen) atoms. The largest absolute Gasteiger partial charge is 0.482 e. The molecule has 0 saturated carbocycles. The van der Waals surface area contributed by atoms with E-state index in [-0.39, 0.29) is 22.9 Å². The Labute approximate surface area is 231 Å². The lowest BCUT2D eigenvalue weighted by molar-refractivity contribution is -0.384. The zero-order valence-corrected chi connectivity index (χ0v) is 22.8. The number of hydrogen-bond acceptors (Lipinski definition) is 9. The Balaban J connectivity index is 1.66. The summed E-state index contributed by atoms with van der Waals surface area (Å²) in [5, 5.41) is 14.9. The molecule has 0 aromatic heterocycles. The number of hydrazone groups is 1. The number of hydrogen-bond donors (Lipinski definition) is 1. The van der Waals surface area contributed by atoms with Gasteiger partial charge in [0.1, 0.15) is 17.9 Å². The summed E-state index contributed by atoms with van der Waals surface area (Å²) in [6.45, 7) is 4.38. The molecule has 0 saturated heterocycles. The third-order valence-corrected chi connectivity index (χ3v) is 6.81. The molecule has 3 aromatic carbocycles. The number of carbonyl (C=O) groups excluding carboxylic acids is 2. The van der Waals surface area contributed by atoms with E-state index in [0.29, 0.717) is 11.3 Å². The van der Waals surface area contributed by atoms with Gasteiger partial charge in [0.2, 0.25) is 0 Å². The summed E-state index contributed by atoms with van der Waals surface area (Å²) < 4.78 is 38.0. The Kier molecular flexibility index (Phi) is 9.56. The lowest BCUT2D eigenvalue weighted by atomic mass is 10.2. The quantitative estimate of drug-likeness (QED) is 0.159. The van der Waals surface area contributed by atoms with E-state index in [1.165, 1.54) is 30.5 Å². The number of anilines is 1. The van der Waals surface area contributed by atoms with Gasteiger partial charge in [-0.2, -0.15) is 5.10 Å². The number of nitrogens with one attached hydrogen (secondary N) is 1. The van der Waals surface area contributed by atoms with Crippen molar-refractivity contribution in [2.24, 2.45) is 5.10 Å². The highest BCUT2D eigenvalue weighted by Gasteiger charge is 2.27. The molecular formula is C27H28N4O8S. The maximum Gasteiger partial charge on any atom is 0.344 e. The third kappa shape index (κ3) is 8.63. The van der Waals surface area contributed by atoms with Crippen LogP contribution in [-0.4, -0.2) is 50.2 Å². The summed E-state index contributed by atoms with van der Waals surface area (Å²) in [5.41, 5.74) is 2.10. The van der Waals surface area contributed by atoms with Crippen LogP contribution in [0.15, 0.2) is 88.9 Å². The number of benzene rings is 3. The van der Waals surface area contributed by atoms with Gasteiger partial charge in [0.25, 0.3) is 21.6 Å². The Morgan fingerprint density at radius 3 is 2.20 bits per heavy atom. The van der Waals surface area contributed by atoms with E-state index < -0.39 is 39.0 Å². The summed E-state index contributed by atoms with van der Waals surface area (Å²) in [6.07, 6.45) is 1.34. The molecule has 0 aliphatic heterocycles. The number of non-ortho nitro benzene ring substituents is 1. The predicted octanol–water partition coefficient (Wildman–Crippen LogP) is 3.66. The fourth-order valence-corrected chi connectivity index (χ4v) is 4.73. The molecule has 3 rings (SSSR count). The molecule has 0 unspecified atom stereocenters. The normalized spacial score (nSPS) is 11.6. The van der Waals surface area contributed by atoms with Gasteiger partial charge < -0.3 is 9.47 Å². The standard InChI is InChI=1S/C27H28N4O8S/c1-27(2,3)39-26(33)19-38-23-15-9-20(10-16-23)17-28-29-25(32)18-30(21-11-13-22(14-12-21)31(34)35)40(36,37)24-7-5-4-6-8-24/h4-17H,18-19H2,1-3H3,(H,29,32)/b28-17-. The van der Waals surface area contributed by atoms with Gasteiger partial charge in [-0.3, -0.25) is 19.2 Å². The molecule has 210 valence electrons. The predicted molar refractivity (Wildman–Crippen MR) is 148 cm³/mol. The molecule has 3 aromatic rings. The van der Waals surface area contributed by atoms with Crippen molar-refractivity contribution in [1.29, 1.82) is 0 Å². The van der Waals surface area contributed by atoms with Crippen molar-refractivity contribution < 1.29 is 32.4 Å². The molecule has 0 aliphatic carbocycles. The van der Waals surface area contributed by atoms with Crippen LogP contribution in [0.5, 0.6) is 5.75 Å². The summed E-state index contributed by atoms with van der Waals surface area (Å²) in [6, 6.07) is 18.8. The van der Waals surface area contributed by atoms with E-state index >= 15 is 0 Å². The van der Waals surface area contributed by atoms with E-state index in [0.717, 1.165) is 16.4 Å². The first kappa shape index (κ1) is 29.8. The minimum absolute atomic E-state index is 0.0568. The number of nitrogens with zero attached hydrogens (tertiary/aromatic N) is 3. The summed E-state index contributed by atoms with van der Waals surface area (Å²) in [5.74, 6) is -0.818. The second-order valence-corrected chi connectivity index (χ2v) is 11.2. The highest BCUT2D eigenvalue weighted by molar-refractivity contribution is 7.92. The van der Waals surface area contributed by atoms with E-state index in [2.05, 4.69) is 10.5 Å². The smallest absolute Gasteiger partial charge is 0.344 e. The van der Waals surface area contributed by atoms with Crippen LogP contribution in [0.3, 0.4) is 0 Å². The van der Waals surface area contributed by atoms with E-state index in [1.54, 1.807) is 63.2 Å². The van der Waals surface area contributed by atoms with Crippen molar-refractivity contribution >= 4 is 39.5 Å². The number of sulfonamides is 1. The van der Waals surface area contributed by atoms with Crippen molar-refractivity contribution in [3.05, 3.63) is 94.5 Å². The molecule has 0 fully saturated rings. The number of nitro benzene ring substituents is 1. The molecule has 0 spiro atoms. The Morgan fingerprint density at radius 1 is 1.00 bits per heavy atom. The van der Waals surface area contributed by atoms with Gasteiger partial charge in [-0.15, -0.1) is 0 Å². The van der Waals surface area contributed by atoms with Crippen molar-refractivity contribution in [3.63, 3.8) is 0 Å². The average Bonchev–Trinajstić information content (AvgIpc) is 2.91. The lowest BCUT2D eigenvalue weighted by Gasteiger charge is -2.23. The first-order valence-electron chi connectivity index (χ1n) is 11.9.